The average Bonchev–Trinajstić information content (AvgIpc) is 2.44. The van der Waals surface area contributed by atoms with Crippen molar-refractivity contribution in [3.05, 3.63) is 65.2 Å². The van der Waals surface area contributed by atoms with Gasteiger partial charge in [-0.3, -0.25) is 16.3 Å². The SMILES string of the molecule is Cc1ccc(F)c(C(CCc2cccnc2)NN)c1. The number of hydrogen-bond donors (Lipinski definition) is 2. The minimum atomic E-state index is -0.222. The van der Waals surface area contributed by atoms with Crippen LogP contribution in [0.4, 0.5) is 4.39 Å². The Morgan fingerprint density at radius 3 is 2.89 bits per heavy atom. The first-order valence-corrected chi connectivity index (χ1v) is 6.32. The zero-order valence-corrected chi connectivity index (χ0v) is 10.9. The van der Waals surface area contributed by atoms with E-state index < -0.39 is 0 Å². The van der Waals surface area contributed by atoms with Gasteiger partial charge in [0, 0.05) is 24.0 Å². The second kappa shape index (κ2) is 6.41. The Morgan fingerprint density at radius 1 is 1.37 bits per heavy atom. The number of halogens is 1. The summed E-state index contributed by atoms with van der Waals surface area (Å²) in [5, 5.41) is 0. The minimum Gasteiger partial charge on any atom is -0.271 e. The number of nitrogens with two attached hydrogens (primary N) is 1. The Bertz CT molecular complexity index is 528. The van der Waals surface area contributed by atoms with E-state index in [2.05, 4.69) is 10.4 Å². The summed E-state index contributed by atoms with van der Waals surface area (Å²) in [7, 11) is 0. The molecule has 0 saturated carbocycles. The van der Waals surface area contributed by atoms with Gasteiger partial charge in [-0.2, -0.15) is 0 Å². The first kappa shape index (κ1) is 13.6. The summed E-state index contributed by atoms with van der Waals surface area (Å²) in [6.45, 7) is 1.94. The van der Waals surface area contributed by atoms with Crippen LogP contribution in [0.2, 0.25) is 0 Å². The highest BCUT2D eigenvalue weighted by atomic mass is 19.1. The van der Waals surface area contributed by atoms with Gasteiger partial charge in [-0.05, 0) is 37.5 Å². The van der Waals surface area contributed by atoms with E-state index in [0.717, 1.165) is 24.0 Å². The molecule has 100 valence electrons. The zero-order chi connectivity index (χ0) is 13.7. The number of nitrogens with one attached hydrogen (secondary N) is 1. The third kappa shape index (κ3) is 3.59. The van der Waals surface area contributed by atoms with Crippen LogP contribution in [-0.2, 0) is 6.42 Å². The molecular weight excluding hydrogens is 241 g/mol. The van der Waals surface area contributed by atoms with Crippen molar-refractivity contribution in [1.29, 1.82) is 0 Å². The van der Waals surface area contributed by atoms with Gasteiger partial charge in [0.1, 0.15) is 5.82 Å². The lowest BCUT2D eigenvalue weighted by molar-refractivity contribution is 0.485. The second-order valence-electron chi connectivity index (χ2n) is 4.64. The third-order valence-corrected chi connectivity index (χ3v) is 3.17. The molecule has 19 heavy (non-hydrogen) atoms. The number of benzene rings is 1. The fourth-order valence-electron chi connectivity index (χ4n) is 2.12. The predicted octanol–water partition coefficient (Wildman–Crippen LogP) is 2.67. The van der Waals surface area contributed by atoms with Gasteiger partial charge in [-0.15, -0.1) is 0 Å². The normalized spacial score (nSPS) is 12.4. The highest BCUT2D eigenvalue weighted by molar-refractivity contribution is 5.27. The molecule has 3 N–H and O–H groups in total. The molecule has 0 aliphatic carbocycles. The first-order valence-electron chi connectivity index (χ1n) is 6.32. The molecule has 1 aromatic carbocycles. The van der Waals surface area contributed by atoms with Crippen LogP contribution in [0.15, 0.2) is 42.7 Å². The lowest BCUT2D eigenvalue weighted by atomic mass is 9.98. The van der Waals surface area contributed by atoms with Gasteiger partial charge in [0.05, 0.1) is 0 Å². The summed E-state index contributed by atoms with van der Waals surface area (Å²) >= 11 is 0. The number of pyridine rings is 1. The lowest BCUT2D eigenvalue weighted by Gasteiger charge is -2.17. The second-order valence-corrected chi connectivity index (χ2v) is 4.64. The summed E-state index contributed by atoms with van der Waals surface area (Å²) in [6, 6.07) is 8.79. The molecule has 2 aromatic rings. The van der Waals surface area contributed by atoms with Gasteiger partial charge in [0.25, 0.3) is 0 Å². The van der Waals surface area contributed by atoms with Crippen molar-refractivity contribution >= 4 is 0 Å². The molecule has 0 bridgehead atoms. The van der Waals surface area contributed by atoms with Crippen molar-refractivity contribution < 1.29 is 4.39 Å². The number of nitrogens with zero attached hydrogens (tertiary/aromatic N) is 1. The van der Waals surface area contributed by atoms with Crippen molar-refractivity contribution in [1.82, 2.24) is 10.4 Å². The summed E-state index contributed by atoms with van der Waals surface area (Å²) < 4.78 is 13.8. The molecule has 0 fully saturated rings. The van der Waals surface area contributed by atoms with Gasteiger partial charge >= 0.3 is 0 Å². The molecule has 1 aromatic heterocycles. The van der Waals surface area contributed by atoms with Crippen LogP contribution >= 0.6 is 0 Å². The van der Waals surface area contributed by atoms with E-state index in [1.807, 2.05) is 31.3 Å². The predicted molar refractivity (Wildman–Crippen MR) is 73.8 cm³/mol. The number of aromatic nitrogens is 1. The standard InChI is InChI=1S/C15H18FN3/c1-11-4-6-14(16)13(9-11)15(19-17)7-5-12-3-2-8-18-10-12/h2-4,6,8-10,15,19H,5,7,17H2,1H3. The molecule has 0 radical (unpaired) electrons. The summed E-state index contributed by atoms with van der Waals surface area (Å²) in [4.78, 5) is 4.07. The number of hydrogen-bond acceptors (Lipinski definition) is 3. The topological polar surface area (TPSA) is 50.9 Å². The maximum absolute atomic E-state index is 13.8. The molecule has 2 rings (SSSR count). The van der Waals surface area contributed by atoms with Crippen LogP contribution in [0.3, 0.4) is 0 Å². The quantitative estimate of drug-likeness (QED) is 0.641. The van der Waals surface area contributed by atoms with Crippen molar-refractivity contribution in [3.63, 3.8) is 0 Å². The summed E-state index contributed by atoms with van der Waals surface area (Å²) in [5.74, 6) is 5.33. The fraction of sp³-hybridized carbons (Fsp3) is 0.267. The van der Waals surface area contributed by atoms with Gasteiger partial charge in [-0.1, -0.05) is 23.8 Å². The zero-order valence-electron chi connectivity index (χ0n) is 10.9. The molecule has 0 aliphatic heterocycles. The van der Waals surface area contributed by atoms with Crippen molar-refractivity contribution in [2.24, 2.45) is 5.84 Å². The van der Waals surface area contributed by atoms with E-state index in [4.69, 9.17) is 5.84 Å². The Kier molecular flexibility index (Phi) is 4.60. The van der Waals surface area contributed by atoms with E-state index in [9.17, 15) is 4.39 Å². The Balaban J connectivity index is 2.10. The smallest absolute Gasteiger partial charge is 0.128 e. The Labute approximate surface area is 112 Å². The maximum atomic E-state index is 13.8. The maximum Gasteiger partial charge on any atom is 0.128 e. The molecule has 0 aliphatic rings. The van der Waals surface area contributed by atoms with E-state index in [1.165, 1.54) is 6.07 Å². The monoisotopic (exact) mass is 259 g/mol. The molecule has 1 atom stereocenters. The molecule has 1 heterocycles. The number of hydrazine groups is 1. The number of aryl methyl sites for hydroxylation is 2. The van der Waals surface area contributed by atoms with Gasteiger partial charge < -0.3 is 0 Å². The van der Waals surface area contributed by atoms with Crippen LogP contribution in [-0.4, -0.2) is 4.98 Å². The minimum absolute atomic E-state index is 0.194. The fourth-order valence-corrected chi connectivity index (χ4v) is 2.12. The van der Waals surface area contributed by atoms with Crippen molar-refractivity contribution in [3.8, 4) is 0 Å². The van der Waals surface area contributed by atoms with Gasteiger partial charge in [0.15, 0.2) is 0 Å². The average molecular weight is 259 g/mol. The largest absolute Gasteiger partial charge is 0.271 e. The van der Waals surface area contributed by atoms with E-state index in [0.29, 0.717) is 5.56 Å². The molecule has 0 spiro atoms. The first-order chi connectivity index (χ1) is 9.20. The molecule has 0 saturated heterocycles. The lowest BCUT2D eigenvalue weighted by Crippen LogP contribution is -2.29. The highest BCUT2D eigenvalue weighted by Crippen LogP contribution is 2.22. The Hall–Kier alpha value is -1.78. The Morgan fingerprint density at radius 2 is 2.21 bits per heavy atom. The number of rotatable bonds is 5. The van der Waals surface area contributed by atoms with Crippen molar-refractivity contribution in [2.75, 3.05) is 0 Å². The molecule has 4 heteroatoms. The van der Waals surface area contributed by atoms with Gasteiger partial charge in [0.2, 0.25) is 0 Å². The van der Waals surface area contributed by atoms with E-state index in [1.54, 1.807) is 12.3 Å². The van der Waals surface area contributed by atoms with Crippen LogP contribution in [0.5, 0.6) is 0 Å². The van der Waals surface area contributed by atoms with Crippen molar-refractivity contribution in [2.45, 2.75) is 25.8 Å². The summed E-state index contributed by atoms with van der Waals surface area (Å²) in [6.07, 6.45) is 5.08. The van der Waals surface area contributed by atoms with E-state index in [-0.39, 0.29) is 11.9 Å². The molecule has 3 nitrogen and oxygen atoms in total. The third-order valence-electron chi connectivity index (χ3n) is 3.17. The van der Waals surface area contributed by atoms with E-state index >= 15 is 0 Å². The van der Waals surface area contributed by atoms with Crippen LogP contribution in [0.25, 0.3) is 0 Å². The molecule has 1 unspecified atom stereocenters. The van der Waals surface area contributed by atoms with Crippen LogP contribution in [0.1, 0.15) is 29.2 Å². The van der Waals surface area contributed by atoms with Gasteiger partial charge in [-0.25, -0.2) is 4.39 Å². The molecular formula is C15H18FN3. The highest BCUT2D eigenvalue weighted by Gasteiger charge is 2.14. The molecule has 0 amide bonds. The van der Waals surface area contributed by atoms with Crippen LogP contribution < -0.4 is 11.3 Å². The summed E-state index contributed by atoms with van der Waals surface area (Å²) in [5.41, 5.74) is 5.46. The van der Waals surface area contributed by atoms with Crippen LogP contribution in [0, 0.1) is 12.7 Å².